The second-order valence-electron chi connectivity index (χ2n) is 12.3. The molecule has 8 nitrogen and oxygen atoms in total. The lowest BCUT2D eigenvalue weighted by atomic mass is 9.87. The molecule has 2 amide bonds. The standard InChI is InChI=1S/C34H37ClF3N3O5/c1-5-20(31-17-41(24(18-42)19-45-31)33(44)46-34(2,3)4)12-26-29(38)15-39-16-30(26)40-32(43)14-25(21-7-6-8-23(36)11-21)22-9-10-27(35)28(37)13-22/h6-11,13,15-16,18,20,24-25,31H,5,12,14,17,19H2,1-4H3,(H,40,43)/t20?,24-,25?,31-/m0/s1. The van der Waals surface area contributed by atoms with E-state index in [0.29, 0.717) is 23.8 Å². The molecule has 2 heterocycles. The van der Waals surface area contributed by atoms with Crippen LogP contribution in [-0.4, -0.2) is 59.1 Å². The zero-order valence-corrected chi connectivity index (χ0v) is 26.8. The summed E-state index contributed by atoms with van der Waals surface area (Å²) in [7, 11) is 0. The molecule has 4 atom stereocenters. The lowest BCUT2D eigenvalue weighted by Gasteiger charge is -2.40. The Labute approximate surface area is 271 Å². The summed E-state index contributed by atoms with van der Waals surface area (Å²) in [6.07, 6.45) is 2.23. The average molecular weight is 660 g/mol. The number of ether oxygens (including phenoxy) is 2. The van der Waals surface area contributed by atoms with Gasteiger partial charge in [-0.3, -0.25) is 14.7 Å². The highest BCUT2D eigenvalue weighted by Gasteiger charge is 2.38. The van der Waals surface area contributed by atoms with Crippen molar-refractivity contribution >= 4 is 35.6 Å². The number of carbonyl (C=O) groups is 3. The third-order valence-corrected chi connectivity index (χ3v) is 8.13. The van der Waals surface area contributed by atoms with E-state index in [0.717, 1.165) is 6.20 Å². The van der Waals surface area contributed by atoms with Gasteiger partial charge in [-0.1, -0.05) is 43.1 Å². The first-order valence-corrected chi connectivity index (χ1v) is 15.4. The number of hydrogen-bond donors (Lipinski definition) is 1. The molecular formula is C34H37ClF3N3O5. The summed E-state index contributed by atoms with van der Waals surface area (Å²) >= 11 is 5.87. The highest BCUT2D eigenvalue weighted by atomic mass is 35.5. The van der Waals surface area contributed by atoms with E-state index >= 15 is 4.39 Å². The molecule has 12 heteroatoms. The lowest BCUT2D eigenvalue weighted by Crippen LogP contribution is -2.56. The zero-order valence-electron chi connectivity index (χ0n) is 26.1. The number of halogens is 4. The van der Waals surface area contributed by atoms with E-state index in [9.17, 15) is 23.2 Å². The molecule has 1 fully saturated rings. The first-order chi connectivity index (χ1) is 21.8. The van der Waals surface area contributed by atoms with Gasteiger partial charge in [-0.15, -0.1) is 0 Å². The molecule has 1 aliphatic heterocycles. The second kappa shape index (κ2) is 15.1. The quantitative estimate of drug-likeness (QED) is 0.234. The van der Waals surface area contributed by atoms with Crippen molar-refractivity contribution in [2.24, 2.45) is 5.92 Å². The smallest absolute Gasteiger partial charge is 0.411 e. The Hall–Kier alpha value is -3.96. The van der Waals surface area contributed by atoms with Gasteiger partial charge in [0.1, 0.15) is 35.4 Å². The summed E-state index contributed by atoms with van der Waals surface area (Å²) in [6.45, 7) is 7.08. The van der Waals surface area contributed by atoms with Gasteiger partial charge in [-0.05, 0) is 68.5 Å². The Morgan fingerprint density at radius 3 is 2.52 bits per heavy atom. The van der Waals surface area contributed by atoms with Crippen LogP contribution in [0.15, 0.2) is 54.9 Å². The van der Waals surface area contributed by atoms with E-state index in [2.05, 4.69) is 10.3 Å². The van der Waals surface area contributed by atoms with Crippen molar-refractivity contribution in [3.8, 4) is 0 Å². The van der Waals surface area contributed by atoms with Crippen LogP contribution in [0.2, 0.25) is 5.02 Å². The molecule has 1 saturated heterocycles. The fourth-order valence-electron chi connectivity index (χ4n) is 5.47. The van der Waals surface area contributed by atoms with E-state index in [4.69, 9.17) is 21.1 Å². The Morgan fingerprint density at radius 2 is 1.87 bits per heavy atom. The van der Waals surface area contributed by atoms with Gasteiger partial charge in [0.2, 0.25) is 5.91 Å². The van der Waals surface area contributed by atoms with Gasteiger partial charge in [0, 0.05) is 17.9 Å². The van der Waals surface area contributed by atoms with Crippen molar-refractivity contribution in [3.05, 3.63) is 94.0 Å². The molecule has 3 aromatic rings. The number of nitrogens with one attached hydrogen (secondary N) is 1. The third kappa shape index (κ3) is 8.85. The summed E-state index contributed by atoms with van der Waals surface area (Å²) in [4.78, 5) is 43.3. The molecule has 4 rings (SSSR count). The van der Waals surface area contributed by atoms with Crippen LogP contribution in [-0.2, 0) is 25.5 Å². The highest BCUT2D eigenvalue weighted by molar-refractivity contribution is 6.30. The van der Waals surface area contributed by atoms with Crippen LogP contribution in [0.3, 0.4) is 0 Å². The molecular weight excluding hydrogens is 623 g/mol. The molecule has 0 bridgehead atoms. The van der Waals surface area contributed by atoms with Crippen molar-refractivity contribution in [3.63, 3.8) is 0 Å². The van der Waals surface area contributed by atoms with Crippen LogP contribution < -0.4 is 5.32 Å². The molecule has 1 aromatic heterocycles. The third-order valence-electron chi connectivity index (χ3n) is 7.83. The topological polar surface area (TPSA) is 97.8 Å². The normalized spacial score (nSPS) is 18.0. The van der Waals surface area contributed by atoms with E-state index in [1.165, 1.54) is 41.4 Å². The maximum atomic E-state index is 15.3. The van der Waals surface area contributed by atoms with Crippen LogP contribution in [0.25, 0.3) is 0 Å². The first kappa shape index (κ1) is 34.9. The van der Waals surface area contributed by atoms with Gasteiger partial charge >= 0.3 is 6.09 Å². The number of anilines is 1. The van der Waals surface area contributed by atoms with Crippen molar-refractivity contribution in [2.75, 3.05) is 18.5 Å². The number of pyridine rings is 1. The van der Waals surface area contributed by atoms with E-state index < -0.39 is 53.1 Å². The van der Waals surface area contributed by atoms with Crippen LogP contribution >= 0.6 is 11.6 Å². The predicted molar refractivity (Wildman–Crippen MR) is 167 cm³/mol. The number of nitrogens with zero attached hydrogens (tertiary/aromatic N) is 2. The molecule has 0 saturated carbocycles. The van der Waals surface area contributed by atoms with E-state index in [1.54, 1.807) is 32.9 Å². The molecule has 1 aliphatic rings. The Bertz CT molecular complexity index is 1570. The SMILES string of the molecule is CCC(Cc1c(F)cncc1NC(=O)CC(c1cccc(F)c1)c1ccc(Cl)c(F)c1)[C@@H]1CN(C(=O)OC(C)(C)C)[C@@H](C=O)CO1. The van der Waals surface area contributed by atoms with Gasteiger partial charge in [0.25, 0.3) is 0 Å². The van der Waals surface area contributed by atoms with Crippen molar-refractivity contribution in [1.29, 1.82) is 0 Å². The Morgan fingerprint density at radius 1 is 1.13 bits per heavy atom. The van der Waals surface area contributed by atoms with E-state index in [1.807, 2.05) is 6.92 Å². The lowest BCUT2D eigenvalue weighted by molar-refractivity contribution is -0.126. The molecule has 0 aliphatic carbocycles. The molecule has 2 aromatic carbocycles. The number of aromatic nitrogens is 1. The molecule has 246 valence electrons. The minimum atomic E-state index is -0.823. The summed E-state index contributed by atoms with van der Waals surface area (Å²) in [5, 5.41) is 2.64. The van der Waals surface area contributed by atoms with Crippen molar-refractivity contribution < 1.29 is 37.0 Å². The largest absolute Gasteiger partial charge is 0.444 e. The van der Waals surface area contributed by atoms with Crippen molar-refractivity contribution in [2.45, 2.75) is 70.6 Å². The van der Waals surface area contributed by atoms with Gasteiger partial charge < -0.3 is 19.6 Å². The number of amides is 2. The fraction of sp³-hybridized carbons (Fsp3) is 0.412. The monoisotopic (exact) mass is 659 g/mol. The van der Waals surface area contributed by atoms with Gasteiger partial charge in [-0.25, -0.2) is 18.0 Å². The summed E-state index contributed by atoms with van der Waals surface area (Å²) in [5.41, 5.74) is 0.391. The first-order valence-electron chi connectivity index (χ1n) is 15.0. The van der Waals surface area contributed by atoms with E-state index in [-0.39, 0.29) is 48.2 Å². The number of rotatable bonds is 10. The van der Waals surface area contributed by atoms with Crippen LogP contribution in [0.5, 0.6) is 0 Å². The maximum absolute atomic E-state index is 15.3. The Kier molecular flexibility index (Phi) is 11.4. The molecule has 0 radical (unpaired) electrons. The number of morpholine rings is 1. The van der Waals surface area contributed by atoms with Gasteiger partial charge in [0.15, 0.2) is 0 Å². The zero-order chi connectivity index (χ0) is 33.6. The van der Waals surface area contributed by atoms with Gasteiger partial charge in [0.05, 0.1) is 42.4 Å². The summed E-state index contributed by atoms with van der Waals surface area (Å²) in [6, 6.07) is 8.97. The Balaban J connectivity index is 1.55. The molecule has 1 N–H and O–H groups in total. The highest BCUT2D eigenvalue weighted by Crippen LogP contribution is 2.33. The fourth-order valence-corrected chi connectivity index (χ4v) is 5.59. The number of hydrogen-bond acceptors (Lipinski definition) is 6. The van der Waals surface area contributed by atoms with Crippen LogP contribution in [0.4, 0.5) is 23.7 Å². The maximum Gasteiger partial charge on any atom is 0.411 e. The minimum Gasteiger partial charge on any atom is -0.444 e. The predicted octanol–water partition coefficient (Wildman–Crippen LogP) is 7.09. The second-order valence-corrected chi connectivity index (χ2v) is 12.7. The van der Waals surface area contributed by atoms with Crippen LogP contribution in [0.1, 0.15) is 63.1 Å². The van der Waals surface area contributed by atoms with Crippen molar-refractivity contribution in [1.82, 2.24) is 9.88 Å². The number of benzene rings is 2. The van der Waals surface area contributed by atoms with Gasteiger partial charge in [-0.2, -0.15) is 0 Å². The number of aldehydes is 1. The summed E-state index contributed by atoms with van der Waals surface area (Å²) < 4.78 is 55.3. The number of carbonyl (C=O) groups excluding carboxylic acids is 3. The molecule has 46 heavy (non-hydrogen) atoms. The average Bonchev–Trinajstić information content (AvgIpc) is 3.00. The van der Waals surface area contributed by atoms with Crippen LogP contribution in [0, 0.1) is 23.4 Å². The summed E-state index contributed by atoms with van der Waals surface area (Å²) in [5.74, 6) is -3.45. The molecule has 2 unspecified atom stereocenters. The minimum absolute atomic E-state index is 0.0426. The molecule has 0 spiro atoms.